The standard InChI is InChI=1S/C61H81N13O16/c1-9-41-42-28-40(17-18-46(42)66-53-43(41)30-74-49(53)29-45-44(56(74)79)33-88-57(80)61(45,84)10-2)90-60(83)72(8)22-21-71(7)59(82)89-32-38-13-15-39(16-14-38)65-54(77)47(12-11-19-64-58(62)81)67-55(78)52(37(5)6)68-51(76)35-87-34-50(75)63-20-24-85-26-27-86-25-23-73-31-48(36(3)4)69-70-73/h13-18,28-29,31,36-37,47,52,84H,9-12,19-27,30,32-35H2,1-8H3,(H,63,75)(H,65,77)(H,67,78)(H,68,76)(H3,62,64,81)/t47-,52-,61-/m0/s1. The van der Waals surface area contributed by atoms with Crippen LogP contribution in [0.15, 0.2) is 59.5 Å². The largest absolute Gasteiger partial charge is 0.458 e. The Morgan fingerprint density at radius 1 is 0.822 bits per heavy atom. The van der Waals surface area contributed by atoms with Crippen molar-refractivity contribution in [3.05, 3.63) is 98.6 Å². The van der Waals surface area contributed by atoms with Crippen LogP contribution in [-0.4, -0.2) is 179 Å². The zero-order valence-electron chi connectivity index (χ0n) is 52.0. The lowest BCUT2D eigenvalue weighted by Gasteiger charge is -2.31. The van der Waals surface area contributed by atoms with Crippen LogP contribution in [0.2, 0.25) is 0 Å². The first kappa shape index (κ1) is 68.4. The second-order valence-electron chi connectivity index (χ2n) is 22.4. The number of ether oxygens (including phenoxy) is 6. The van der Waals surface area contributed by atoms with Gasteiger partial charge in [0.15, 0.2) is 5.60 Å². The Hall–Kier alpha value is -9.06. The lowest BCUT2D eigenvalue weighted by Crippen LogP contribution is -2.55. The van der Waals surface area contributed by atoms with Crippen LogP contribution in [0.25, 0.3) is 22.3 Å². The summed E-state index contributed by atoms with van der Waals surface area (Å²) >= 11 is 0. The molecular weight excluding hydrogens is 1170 g/mol. The number of cyclic esters (lactones) is 1. The van der Waals surface area contributed by atoms with Gasteiger partial charge in [-0.1, -0.05) is 58.9 Å². The second kappa shape index (κ2) is 31.9. The number of pyridine rings is 2. The lowest BCUT2D eigenvalue weighted by molar-refractivity contribution is -0.172. The van der Waals surface area contributed by atoms with E-state index >= 15 is 0 Å². The van der Waals surface area contributed by atoms with Crippen molar-refractivity contribution in [2.75, 3.05) is 85.2 Å². The van der Waals surface area contributed by atoms with Crippen LogP contribution in [0.3, 0.4) is 0 Å². The summed E-state index contributed by atoms with van der Waals surface area (Å²) in [6.45, 7) is 12.4. The molecule has 5 heterocycles. The maximum Gasteiger partial charge on any atom is 0.415 e. The van der Waals surface area contributed by atoms with Gasteiger partial charge in [-0.05, 0) is 85.0 Å². The van der Waals surface area contributed by atoms with Crippen LogP contribution in [0, 0.1) is 5.92 Å². The molecule has 5 aromatic rings. The number of aryl methyl sites for hydroxylation is 1. The molecule has 0 spiro atoms. The zero-order valence-corrected chi connectivity index (χ0v) is 52.0. The van der Waals surface area contributed by atoms with Gasteiger partial charge in [0, 0.05) is 68.7 Å². The average Bonchev–Trinajstić information content (AvgIpc) is 1.52. The predicted octanol–water partition coefficient (Wildman–Crippen LogP) is 2.93. The Balaban J connectivity index is 0.822. The molecule has 0 saturated carbocycles. The summed E-state index contributed by atoms with van der Waals surface area (Å²) in [5, 5.41) is 33.3. The fourth-order valence-corrected chi connectivity index (χ4v) is 9.95. The van der Waals surface area contributed by atoms with Gasteiger partial charge >= 0.3 is 24.2 Å². The molecule has 8 N–H and O–H groups in total. The first-order valence-electron chi connectivity index (χ1n) is 29.9. The number of likely N-dealkylation sites (N-methyl/N-ethyl adjacent to an activating group) is 2. The van der Waals surface area contributed by atoms with Gasteiger partial charge in [-0.25, -0.2) is 28.8 Å². The minimum absolute atomic E-state index is 0.0214. The molecular formula is C61H81N13O16. The minimum Gasteiger partial charge on any atom is -0.458 e. The van der Waals surface area contributed by atoms with Crippen LogP contribution >= 0.6 is 0 Å². The molecule has 29 heteroatoms. The number of aliphatic hydroxyl groups is 1. The summed E-state index contributed by atoms with van der Waals surface area (Å²) in [4.78, 5) is 124. The fraction of sp³-hybridized carbons (Fsp3) is 0.508. The van der Waals surface area contributed by atoms with Gasteiger partial charge in [-0.15, -0.1) is 5.10 Å². The number of urea groups is 1. The maximum absolute atomic E-state index is 13.8. The Morgan fingerprint density at radius 3 is 2.21 bits per heavy atom. The summed E-state index contributed by atoms with van der Waals surface area (Å²) in [6.07, 6.45) is 1.42. The molecule has 3 atom stereocenters. The van der Waals surface area contributed by atoms with Gasteiger partial charge in [0.25, 0.3) is 5.56 Å². The Morgan fingerprint density at radius 2 is 1.53 bits per heavy atom. The van der Waals surface area contributed by atoms with E-state index in [1.165, 1.54) is 23.9 Å². The smallest absolute Gasteiger partial charge is 0.415 e. The van der Waals surface area contributed by atoms with E-state index in [9.17, 15) is 48.3 Å². The zero-order chi connectivity index (χ0) is 65.2. The number of amides is 8. The van der Waals surface area contributed by atoms with Crippen LogP contribution < -0.4 is 42.6 Å². The number of hydrogen-bond donors (Lipinski definition) is 7. The summed E-state index contributed by atoms with van der Waals surface area (Å²) < 4.78 is 36.1. The minimum atomic E-state index is -1.96. The molecule has 2 aliphatic rings. The second-order valence-corrected chi connectivity index (χ2v) is 22.4. The molecule has 0 unspecified atom stereocenters. The highest BCUT2D eigenvalue weighted by molar-refractivity contribution is 5.98. The van der Waals surface area contributed by atoms with Crippen LogP contribution in [0.5, 0.6) is 5.75 Å². The third kappa shape index (κ3) is 17.8. The van der Waals surface area contributed by atoms with Crippen molar-refractivity contribution in [2.24, 2.45) is 11.7 Å². The first-order valence-corrected chi connectivity index (χ1v) is 29.9. The number of aromatic nitrogens is 5. The van der Waals surface area contributed by atoms with Crippen molar-refractivity contribution >= 4 is 64.4 Å². The van der Waals surface area contributed by atoms with Crippen molar-refractivity contribution < 1.29 is 71.9 Å². The van der Waals surface area contributed by atoms with Gasteiger partial charge in [0.05, 0.1) is 67.7 Å². The van der Waals surface area contributed by atoms with E-state index in [1.807, 2.05) is 27.0 Å². The van der Waals surface area contributed by atoms with Crippen molar-refractivity contribution in [3.8, 4) is 17.1 Å². The SMILES string of the molecule is CCc1c2c(nc3ccc(OC(=O)N(C)CCN(C)C(=O)OCc4ccc(NC(=O)[C@H](CCCNC(N)=O)NC(=O)[C@@H](NC(=O)COCC(=O)NCCOCCOCCn5cc(C(C)C)nn5)C(C)C)cc4)cc13)-c1cc3c(c(=O)n1C2)COC(=O)[C@]3(O)CC. The predicted molar refractivity (Wildman–Crippen MR) is 326 cm³/mol. The number of rotatable bonds is 32. The Kier molecular flexibility index (Phi) is 24.3. The topological polar surface area (TPSA) is 370 Å². The third-order valence-electron chi connectivity index (χ3n) is 15.2. The number of carbonyl (C=O) groups is 8. The number of esters is 1. The fourth-order valence-electron chi connectivity index (χ4n) is 9.95. The highest BCUT2D eigenvalue weighted by Crippen LogP contribution is 2.41. The number of fused-ring (bicyclic) bond motifs is 5. The number of benzene rings is 2. The number of primary amides is 1. The van der Waals surface area contributed by atoms with Gasteiger partial charge in [-0.3, -0.25) is 24.0 Å². The molecule has 7 rings (SSSR count). The molecule has 486 valence electrons. The number of carbonyl (C=O) groups excluding carboxylic acids is 8. The summed E-state index contributed by atoms with van der Waals surface area (Å²) in [5.74, 6) is -3.12. The number of hydrogen-bond acceptors (Lipinski definition) is 19. The Bertz CT molecular complexity index is 3460. The monoisotopic (exact) mass is 1250 g/mol. The summed E-state index contributed by atoms with van der Waals surface area (Å²) in [5.41, 5.74) is 8.51. The van der Waals surface area contributed by atoms with Gasteiger partial charge in [-0.2, -0.15) is 0 Å². The van der Waals surface area contributed by atoms with Crippen molar-refractivity contribution in [2.45, 2.75) is 117 Å². The average molecular weight is 1250 g/mol. The molecule has 2 aliphatic heterocycles. The van der Waals surface area contributed by atoms with Crippen LogP contribution in [0.4, 0.5) is 20.1 Å². The van der Waals surface area contributed by atoms with E-state index in [1.54, 1.807) is 78.6 Å². The van der Waals surface area contributed by atoms with E-state index in [2.05, 4.69) is 36.9 Å². The molecule has 0 fully saturated rings. The third-order valence-corrected chi connectivity index (χ3v) is 15.2. The molecule has 2 aromatic carbocycles. The van der Waals surface area contributed by atoms with E-state index in [0.717, 1.165) is 22.2 Å². The number of nitrogens with two attached hydrogens (primary N) is 1. The summed E-state index contributed by atoms with van der Waals surface area (Å²) in [7, 11) is 3.04. The lowest BCUT2D eigenvalue weighted by atomic mass is 9.86. The van der Waals surface area contributed by atoms with Crippen molar-refractivity contribution in [1.82, 2.24) is 55.6 Å². The molecule has 29 nitrogen and oxygen atoms in total. The van der Waals surface area contributed by atoms with E-state index in [0.29, 0.717) is 60.9 Å². The van der Waals surface area contributed by atoms with Crippen LogP contribution in [-0.2, 0) is 86.0 Å². The van der Waals surface area contributed by atoms with Gasteiger partial charge < -0.3 is 80.2 Å². The highest BCUT2D eigenvalue weighted by atomic mass is 16.6. The first-order chi connectivity index (χ1) is 43.0. The molecule has 3 aromatic heterocycles. The molecule has 8 amide bonds. The molecule has 0 saturated heterocycles. The molecule has 0 bridgehead atoms. The molecule has 90 heavy (non-hydrogen) atoms. The van der Waals surface area contributed by atoms with Crippen LogP contribution in [0.1, 0.15) is 100 Å². The van der Waals surface area contributed by atoms with Crippen molar-refractivity contribution in [3.63, 3.8) is 0 Å². The quantitative estimate of drug-likeness (QED) is 0.0236. The van der Waals surface area contributed by atoms with Gasteiger partial charge in [0.1, 0.15) is 44.3 Å². The highest BCUT2D eigenvalue weighted by Gasteiger charge is 2.45. The maximum atomic E-state index is 13.8. The number of anilines is 1. The summed E-state index contributed by atoms with van der Waals surface area (Å²) in [6, 6.07) is 10.1. The van der Waals surface area contributed by atoms with E-state index in [4.69, 9.17) is 39.1 Å². The molecule has 0 aliphatic carbocycles. The molecule has 0 radical (unpaired) electrons. The number of nitrogens with zero attached hydrogens (tertiary/aromatic N) is 7. The normalized spacial score (nSPS) is 14.6. The van der Waals surface area contributed by atoms with Gasteiger partial charge in [0.2, 0.25) is 23.6 Å². The van der Waals surface area contributed by atoms with Crippen molar-refractivity contribution in [1.29, 1.82) is 0 Å². The number of nitrogens with one attached hydrogen (secondary N) is 5. The van der Waals surface area contributed by atoms with E-state index < -0.39 is 84.6 Å². The van der Waals surface area contributed by atoms with E-state index in [-0.39, 0.29) is 100 Å². The Labute approximate surface area is 519 Å².